The zero-order valence-corrected chi connectivity index (χ0v) is 8.06. The Morgan fingerprint density at radius 2 is 1.69 bits per heavy atom. The predicted molar refractivity (Wildman–Crippen MR) is 49.4 cm³/mol. The molecule has 0 spiro atoms. The molecule has 4 heteroatoms. The lowest BCUT2D eigenvalue weighted by molar-refractivity contribution is -0.109. The Hall–Kier alpha value is -0.160. The molecular formula is C9H19NO3. The molecule has 0 aromatic rings. The fraction of sp³-hybridized carbons (Fsp3) is 1.00. The molecule has 0 aromatic carbocycles. The maximum atomic E-state index is 9.37. The van der Waals surface area contributed by atoms with Gasteiger partial charge in [0.15, 0.2) is 0 Å². The van der Waals surface area contributed by atoms with Crippen LogP contribution in [0.25, 0.3) is 0 Å². The lowest BCUT2D eigenvalue weighted by Crippen LogP contribution is -2.55. The van der Waals surface area contributed by atoms with E-state index >= 15 is 0 Å². The second kappa shape index (κ2) is 4.91. The maximum Gasteiger partial charge on any atom is 0.108 e. The number of hydrogen-bond acceptors (Lipinski definition) is 4. The quantitative estimate of drug-likeness (QED) is 0.543. The zero-order chi connectivity index (χ0) is 9.84. The summed E-state index contributed by atoms with van der Waals surface area (Å²) in [6.07, 6.45) is -0.417. The molecule has 1 unspecified atom stereocenters. The largest absolute Gasteiger partial charge is 0.389 e. The first-order chi connectivity index (χ1) is 6.15. The van der Waals surface area contributed by atoms with E-state index in [1.165, 1.54) is 0 Å². The molecular weight excluding hydrogens is 170 g/mol. The summed E-state index contributed by atoms with van der Waals surface area (Å²) in [5.41, 5.74) is 0. The van der Waals surface area contributed by atoms with Crippen molar-refractivity contribution in [3.63, 3.8) is 0 Å². The fourth-order valence-corrected chi connectivity index (χ4v) is 1.64. The number of likely N-dealkylation sites (tertiary alicyclic amines) is 1. The van der Waals surface area contributed by atoms with E-state index in [2.05, 4.69) is 6.92 Å². The van der Waals surface area contributed by atoms with Gasteiger partial charge in [-0.1, -0.05) is 13.3 Å². The van der Waals surface area contributed by atoms with Crippen LogP contribution in [0.2, 0.25) is 0 Å². The van der Waals surface area contributed by atoms with Crippen molar-refractivity contribution in [1.29, 1.82) is 0 Å². The molecule has 3 N–H and O–H groups in total. The van der Waals surface area contributed by atoms with Gasteiger partial charge in [-0.2, -0.15) is 0 Å². The van der Waals surface area contributed by atoms with E-state index in [1.807, 2.05) is 4.90 Å². The first-order valence-electron chi connectivity index (χ1n) is 4.91. The smallest absolute Gasteiger partial charge is 0.108 e. The van der Waals surface area contributed by atoms with Crippen LogP contribution in [0, 0.1) is 0 Å². The maximum absolute atomic E-state index is 9.37. The van der Waals surface area contributed by atoms with Crippen LogP contribution in [-0.2, 0) is 0 Å². The highest BCUT2D eigenvalue weighted by Crippen LogP contribution is 2.12. The van der Waals surface area contributed by atoms with Gasteiger partial charge >= 0.3 is 0 Å². The Morgan fingerprint density at radius 1 is 1.15 bits per heavy atom. The summed E-state index contributed by atoms with van der Waals surface area (Å²) in [5, 5.41) is 28.0. The number of piperidine rings is 1. The van der Waals surface area contributed by atoms with Gasteiger partial charge in [0.05, 0.1) is 12.2 Å². The van der Waals surface area contributed by atoms with Crippen molar-refractivity contribution >= 4 is 0 Å². The zero-order valence-electron chi connectivity index (χ0n) is 8.06. The van der Waals surface area contributed by atoms with E-state index in [1.54, 1.807) is 0 Å². The predicted octanol–water partition coefficient (Wildman–Crippen LogP) is -0.815. The van der Waals surface area contributed by atoms with Gasteiger partial charge in [-0.15, -0.1) is 0 Å². The van der Waals surface area contributed by atoms with Gasteiger partial charge in [-0.3, -0.25) is 4.90 Å². The summed E-state index contributed by atoms with van der Waals surface area (Å²) in [6, 6.07) is 0. The molecule has 1 heterocycles. The molecule has 1 aliphatic heterocycles. The second-order valence-corrected chi connectivity index (χ2v) is 3.74. The first kappa shape index (κ1) is 10.9. The first-order valence-corrected chi connectivity index (χ1v) is 4.91. The number of unbranched alkanes of at least 4 members (excludes halogenated alkanes) is 1. The summed E-state index contributed by atoms with van der Waals surface area (Å²) < 4.78 is 0. The lowest BCUT2D eigenvalue weighted by atomic mass is 10.0. The summed E-state index contributed by atoms with van der Waals surface area (Å²) in [7, 11) is 0. The number of nitrogens with zero attached hydrogens (tertiary/aromatic N) is 1. The van der Waals surface area contributed by atoms with Gasteiger partial charge in [-0.25, -0.2) is 0 Å². The average molecular weight is 189 g/mol. The van der Waals surface area contributed by atoms with Crippen LogP contribution in [0.3, 0.4) is 0 Å². The van der Waals surface area contributed by atoms with Crippen LogP contribution < -0.4 is 0 Å². The van der Waals surface area contributed by atoms with Crippen molar-refractivity contribution in [1.82, 2.24) is 4.90 Å². The van der Waals surface area contributed by atoms with E-state index < -0.39 is 18.3 Å². The molecule has 1 rings (SSSR count). The topological polar surface area (TPSA) is 63.9 Å². The van der Waals surface area contributed by atoms with Crippen LogP contribution in [-0.4, -0.2) is 58.2 Å². The van der Waals surface area contributed by atoms with Crippen molar-refractivity contribution in [2.75, 3.05) is 19.6 Å². The number of aliphatic hydroxyl groups is 3. The minimum absolute atomic E-state index is 0.470. The number of hydrogen-bond donors (Lipinski definition) is 3. The molecule has 3 atom stereocenters. The molecule has 0 amide bonds. The molecule has 0 aliphatic carbocycles. The van der Waals surface area contributed by atoms with Gasteiger partial charge < -0.3 is 15.3 Å². The van der Waals surface area contributed by atoms with Crippen LogP contribution >= 0.6 is 0 Å². The number of β-amino-alcohol motifs (C(OH)–C–C–N with tert-alkyl or cyclic N) is 2. The summed E-state index contributed by atoms with van der Waals surface area (Å²) in [6.45, 7) is 3.93. The van der Waals surface area contributed by atoms with Crippen molar-refractivity contribution in [2.24, 2.45) is 0 Å². The van der Waals surface area contributed by atoms with E-state index in [9.17, 15) is 15.3 Å². The van der Waals surface area contributed by atoms with Gasteiger partial charge in [0.2, 0.25) is 0 Å². The Morgan fingerprint density at radius 3 is 2.15 bits per heavy atom. The standard InChI is InChI=1S/C9H19NO3/c1-2-3-4-10-5-7(11)9(13)8(12)6-10/h7-9,11-13H,2-6H2,1H3/t7-,8+,9?. The highest BCUT2D eigenvalue weighted by molar-refractivity contribution is 4.85. The van der Waals surface area contributed by atoms with Gasteiger partial charge in [0, 0.05) is 13.1 Å². The molecule has 0 bridgehead atoms. The van der Waals surface area contributed by atoms with Crippen molar-refractivity contribution in [3.8, 4) is 0 Å². The minimum atomic E-state index is -0.974. The van der Waals surface area contributed by atoms with Gasteiger partial charge in [-0.05, 0) is 13.0 Å². The van der Waals surface area contributed by atoms with E-state index in [4.69, 9.17) is 0 Å². The fourth-order valence-electron chi connectivity index (χ4n) is 1.64. The summed E-state index contributed by atoms with van der Waals surface area (Å²) >= 11 is 0. The minimum Gasteiger partial charge on any atom is -0.389 e. The van der Waals surface area contributed by atoms with Crippen molar-refractivity contribution in [2.45, 2.75) is 38.1 Å². The molecule has 78 valence electrons. The number of aliphatic hydroxyl groups excluding tert-OH is 3. The van der Waals surface area contributed by atoms with Crippen molar-refractivity contribution in [3.05, 3.63) is 0 Å². The molecule has 4 nitrogen and oxygen atoms in total. The van der Waals surface area contributed by atoms with Crippen LogP contribution in [0.5, 0.6) is 0 Å². The molecule has 0 radical (unpaired) electrons. The summed E-state index contributed by atoms with van der Waals surface area (Å²) in [5.74, 6) is 0. The van der Waals surface area contributed by atoms with E-state index in [0.717, 1.165) is 19.4 Å². The monoisotopic (exact) mass is 189 g/mol. The molecule has 0 saturated carbocycles. The summed E-state index contributed by atoms with van der Waals surface area (Å²) in [4.78, 5) is 1.99. The third-order valence-electron chi connectivity index (χ3n) is 2.51. The normalized spacial score (nSPS) is 36.5. The highest BCUT2D eigenvalue weighted by atomic mass is 16.4. The third kappa shape index (κ3) is 2.91. The van der Waals surface area contributed by atoms with Crippen molar-refractivity contribution < 1.29 is 15.3 Å². The SMILES string of the molecule is CCCCN1C[C@@H](O)C(O)[C@@H](O)C1. The van der Waals surface area contributed by atoms with E-state index in [0.29, 0.717) is 13.1 Å². The molecule has 1 saturated heterocycles. The number of rotatable bonds is 3. The Balaban J connectivity index is 2.35. The third-order valence-corrected chi connectivity index (χ3v) is 2.51. The lowest BCUT2D eigenvalue weighted by Gasteiger charge is -2.36. The van der Waals surface area contributed by atoms with Crippen LogP contribution in [0.4, 0.5) is 0 Å². The Labute approximate surface area is 78.8 Å². The van der Waals surface area contributed by atoms with Gasteiger partial charge in [0.25, 0.3) is 0 Å². The molecule has 13 heavy (non-hydrogen) atoms. The van der Waals surface area contributed by atoms with E-state index in [-0.39, 0.29) is 0 Å². The highest BCUT2D eigenvalue weighted by Gasteiger charge is 2.32. The Bertz CT molecular complexity index is 142. The molecule has 1 aliphatic rings. The van der Waals surface area contributed by atoms with Gasteiger partial charge in [0.1, 0.15) is 6.10 Å². The molecule has 1 fully saturated rings. The molecule has 0 aromatic heterocycles. The Kier molecular flexibility index (Phi) is 4.12. The van der Waals surface area contributed by atoms with Crippen LogP contribution in [0.1, 0.15) is 19.8 Å². The second-order valence-electron chi connectivity index (χ2n) is 3.74. The van der Waals surface area contributed by atoms with Crippen LogP contribution in [0.15, 0.2) is 0 Å². The average Bonchev–Trinajstić information content (AvgIpc) is 2.10.